The quantitative estimate of drug-likeness (QED) is 0.594. The van der Waals surface area contributed by atoms with Crippen LogP contribution in [0.4, 0.5) is 0 Å². The van der Waals surface area contributed by atoms with Crippen LogP contribution in [-0.4, -0.2) is 41.9 Å². The molecule has 1 aliphatic rings. The van der Waals surface area contributed by atoms with Gasteiger partial charge in [-0.05, 0) is 36.8 Å². The second-order valence-corrected chi connectivity index (χ2v) is 6.01. The predicted molar refractivity (Wildman–Crippen MR) is 94.0 cm³/mol. The summed E-state index contributed by atoms with van der Waals surface area (Å²) in [6.07, 6.45) is -1.04. The fourth-order valence-corrected chi connectivity index (χ4v) is 2.80. The van der Waals surface area contributed by atoms with Crippen LogP contribution < -0.4 is 0 Å². The van der Waals surface area contributed by atoms with Crippen LogP contribution in [0.15, 0.2) is 48.5 Å². The Hall–Kier alpha value is -3.48. The fraction of sp³-hybridized carbons (Fsp3) is 0.200. The Balaban J connectivity index is 1.75. The first-order valence-corrected chi connectivity index (χ1v) is 8.25. The number of esters is 2. The molecule has 0 fully saturated rings. The molecule has 2 aromatic carbocycles. The molecule has 1 aliphatic heterocycles. The summed E-state index contributed by atoms with van der Waals surface area (Å²) in [7, 11) is 1.20. The molecule has 3 rings (SSSR count). The molecule has 0 radical (unpaired) electrons. The van der Waals surface area contributed by atoms with E-state index >= 15 is 0 Å². The molecule has 1 heterocycles. The highest BCUT2D eigenvalue weighted by Crippen LogP contribution is 2.24. The van der Waals surface area contributed by atoms with Crippen molar-refractivity contribution in [1.29, 1.82) is 0 Å². The Bertz CT molecular complexity index is 901. The van der Waals surface area contributed by atoms with Gasteiger partial charge in [0.05, 0.1) is 30.3 Å². The largest absolute Gasteiger partial charge is 0.466 e. The number of hydrogen-bond acceptors (Lipinski definition) is 6. The zero-order chi connectivity index (χ0) is 19.6. The molecule has 0 saturated carbocycles. The zero-order valence-corrected chi connectivity index (χ0v) is 14.8. The molecule has 0 bridgehead atoms. The van der Waals surface area contributed by atoms with Gasteiger partial charge in [-0.1, -0.05) is 24.3 Å². The number of carbonyl (C=O) groups is 4. The van der Waals surface area contributed by atoms with Crippen LogP contribution in [0, 0.1) is 0 Å². The van der Waals surface area contributed by atoms with Gasteiger partial charge in [0.25, 0.3) is 11.8 Å². The molecule has 2 amide bonds. The lowest BCUT2D eigenvalue weighted by Gasteiger charge is -2.15. The minimum Gasteiger partial charge on any atom is -0.466 e. The van der Waals surface area contributed by atoms with Gasteiger partial charge in [0.2, 0.25) is 0 Å². The van der Waals surface area contributed by atoms with Gasteiger partial charge in [0.15, 0.2) is 6.10 Å². The molecule has 138 valence electrons. The van der Waals surface area contributed by atoms with Crippen LogP contribution in [0.5, 0.6) is 0 Å². The molecular weight excluding hydrogens is 350 g/mol. The van der Waals surface area contributed by atoms with Crippen molar-refractivity contribution in [1.82, 2.24) is 4.90 Å². The summed E-state index contributed by atoms with van der Waals surface area (Å²) < 4.78 is 9.56. The normalized spacial score (nSPS) is 13.9. The first-order chi connectivity index (χ1) is 12.9. The third-order valence-corrected chi connectivity index (χ3v) is 4.20. The van der Waals surface area contributed by atoms with Gasteiger partial charge in [-0.15, -0.1) is 0 Å². The summed E-state index contributed by atoms with van der Waals surface area (Å²) in [5.41, 5.74) is 1.53. The maximum absolute atomic E-state index is 12.4. The molecule has 0 N–H and O–H groups in total. The second kappa shape index (κ2) is 7.41. The lowest BCUT2D eigenvalue weighted by molar-refractivity contribution is -0.149. The van der Waals surface area contributed by atoms with E-state index in [1.54, 1.807) is 36.4 Å². The van der Waals surface area contributed by atoms with Crippen LogP contribution in [0.1, 0.15) is 43.6 Å². The van der Waals surface area contributed by atoms with Crippen molar-refractivity contribution in [3.63, 3.8) is 0 Å². The average Bonchev–Trinajstić information content (AvgIpc) is 2.92. The average molecular weight is 367 g/mol. The van der Waals surface area contributed by atoms with E-state index in [0.29, 0.717) is 16.7 Å². The number of amides is 2. The topological polar surface area (TPSA) is 90.0 Å². The van der Waals surface area contributed by atoms with Crippen molar-refractivity contribution in [2.45, 2.75) is 19.6 Å². The summed E-state index contributed by atoms with van der Waals surface area (Å²) in [5, 5.41) is 0. The lowest BCUT2D eigenvalue weighted by atomic mass is 10.1. The van der Waals surface area contributed by atoms with Crippen molar-refractivity contribution in [3.05, 3.63) is 70.8 Å². The second-order valence-electron chi connectivity index (χ2n) is 6.01. The van der Waals surface area contributed by atoms with Crippen molar-refractivity contribution < 1.29 is 28.7 Å². The lowest BCUT2D eigenvalue weighted by Crippen LogP contribution is -2.29. The molecule has 7 heteroatoms. The Kier molecular flexibility index (Phi) is 5.03. The van der Waals surface area contributed by atoms with Crippen LogP contribution in [0.2, 0.25) is 0 Å². The van der Waals surface area contributed by atoms with Gasteiger partial charge >= 0.3 is 11.9 Å². The number of carbonyl (C=O) groups excluding carboxylic acids is 4. The molecular formula is C20H17NO6. The maximum atomic E-state index is 12.4. The first kappa shape index (κ1) is 18.3. The van der Waals surface area contributed by atoms with Crippen molar-refractivity contribution in [3.8, 4) is 0 Å². The van der Waals surface area contributed by atoms with Gasteiger partial charge in [0, 0.05) is 0 Å². The number of ether oxygens (including phenoxy) is 2. The predicted octanol–water partition coefficient (Wildman–Crippen LogP) is 2.20. The minimum absolute atomic E-state index is 0.0278. The summed E-state index contributed by atoms with van der Waals surface area (Å²) in [6, 6.07) is 13.0. The number of imide groups is 1. The van der Waals surface area contributed by atoms with Crippen LogP contribution in [0.3, 0.4) is 0 Å². The highest BCUT2D eigenvalue weighted by Gasteiger charge is 2.35. The zero-order valence-electron chi connectivity index (χ0n) is 14.8. The number of methoxy groups -OCH3 is 1. The van der Waals surface area contributed by atoms with Gasteiger partial charge in [0.1, 0.15) is 0 Å². The van der Waals surface area contributed by atoms with Gasteiger partial charge in [-0.3, -0.25) is 14.5 Å². The molecule has 27 heavy (non-hydrogen) atoms. The van der Waals surface area contributed by atoms with Gasteiger partial charge in [-0.25, -0.2) is 9.59 Å². The van der Waals surface area contributed by atoms with Crippen molar-refractivity contribution >= 4 is 23.8 Å². The first-order valence-electron chi connectivity index (χ1n) is 8.25. The Morgan fingerprint density at radius 3 is 2.22 bits per heavy atom. The van der Waals surface area contributed by atoms with E-state index in [4.69, 9.17) is 4.74 Å². The van der Waals surface area contributed by atoms with Crippen molar-refractivity contribution in [2.24, 2.45) is 0 Å². The van der Waals surface area contributed by atoms with E-state index in [1.165, 1.54) is 26.2 Å². The van der Waals surface area contributed by atoms with E-state index in [2.05, 4.69) is 4.74 Å². The van der Waals surface area contributed by atoms with E-state index in [9.17, 15) is 19.2 Å². The number of benzene rings is 2. The Labute approximate surface area is 155 Å². The number of nitrogens with zero attached hydrogens (tertiary/aromatic N) is 1. The smallest absolute Gasteiger partial charge is 0.346 e. The third kappa shape index (κ3) is 3.57. The Morgan fingerprint density at radius 1 is 1.00 bits per heavy atom. The molecule has 1 atom stereocenters. The van der Waals surface area contributed by atoms with E-state index < -0.39 is 18.0 Å². The Morgan fingerprint density at radius 2 is 1.63 bits per heavy atom. The molecule has 0 aromatic heterocycles. The molecule has 2 aromatic rings. The highest BCUT2D eigenvalue weighted by atomic mass is 16.6. The van der Waals surface area contributed by atoms with Gasteiger partial charge in [-0.2, -0.15) is 0 Å². The third-order valence-electron chi connectivity index (χ3n) is 4.20. The van der Waals surface area contributed by atoms with Crippen LogP contribution in [0.25, 0.3) is 0 Å². The summed E-state index contributed by atoms with van der Waals surface area (Å²) in [4.78, 5) is 49.6. The summed E-state index contributed by atoms with van der Waals surface area (Å²) in [6.45, 7) is 1.44. The minimum atomic E-state index is -1.04. The molecule has 0 spiro atoms. The molecule has 7 nitrogen and oxygen atoms in total. The van der Waals surface area contributed by atoms with Crippen LogP contribution >= 0.6 is 0 Å². The standard InChI is InChI=1S/C20H17NO6/c1-12(19(24)26-2)27-20(25)14-7-5-6-13(10-14)11-21-17(22)15-8-3-4-9-16(15)18(21)23/h3-10,12H,11H2,1-2H3/t12-/m0/s1. The van der Waals surface area contributed by atoms with Crippen molar-refractivity contribution in [2.75, 3.05) is 7.11 Å². The fourth-order valence-electron chi connectivity index (χ4n) is 2.80. The number of hydrogen-bond donors (Lipinski definition) is 0. The highest BCUT2D eigenvalue weighted by molar-refractivity contribution is 6.21. The van der Waals surface area contributed by atoms with E-state index in [0.717, 1.165) is 4.90 Å². The molecule has 0 aliphatic carbocycles. The SMILES string of the molecule is COC(=O)[C@H](C)OC(=O)c1cccc(CN2C(=O)c3ccccc3C2=O)c1. The maximum Gasteiger partial charge on any atom is 0.346 e. The van der Waals surface area contributed by atoms with Crippen LogP contribution in [-0.2, 0) is 20.8 Å². The van der Waals surface area contributed by atoms with E-state index in [1.807, 2.05) is 0 Å². The summed E-state index contributed by atoms with van der Waals surface area (Å²) >= 11 is 0. The number of rotatable bonds is 5. The number of fused-ring (bicyclic) bond motifs is 1. The molecule has 0 saturated heterocycles. The molecule has 0 unspecified atom stereocenters. The van der Waals surface area contributed by atoms with Gasteiger partial charge < -0.3 is 9.47 Å². The summed E-state index contributed by atoms with van der Waals surface area (Å²) in [5.74, 6) is -2.10. The van der Waals surface area contributed by atoms with E-state index in [-0.39, 0.29) is 23.9 Å². The monoisotopic (exact) mass is 367 g/mol.